The molecular formula is C8H15O2P. The predicted molar refractivity (Wildman–Crippen MR) is 49.4 cm³/mol. The third-order valence-corrected chi connectivity index (χ3v) is 2.76. The highest BCUT2D eigenvalue weighted by molar-refractivity contribution is 7.40. The fraction of sp³-hybridized carbons (Fsp3) is 0.500. The van der Waals surface area contributed by atoms with Crippen LogP contribution in [0.15, 0.2) is 25.3 Å². The minimum Gasteiger partial charge on any atom is -0.326 e. The van der Waals surface area contributed by atoms with Gasteiger partial charge in [-0.2, -0.15) is 0 Å². The van der Waals surface area contributed by atoms with E-state index in [1.807, 2.05) is 6.92 Å². The normalized spacial score (nSPS) is 15.4. The van der Waals surface area contributed by atoms with Crippen LogP contribution < -0.4 is 0 Å². The largest absolute Gasteiger partial charge is 0.326 e. The van der Waals surface area contributed by atoms with Gasteiger partial charge in [0.2, 0.25) is 0 Å². The predicted octanol–water partition coefficient (Wildman–Crippen LogP) is 2.63. The minimum atomic E-state index is -1.89. The van der Waals surface area contributed by atoms with Crippen molar-refractivity contribution >= 4 is 8.03 Å². The van der Waals surface area contributed by atoms with E-state index in [9.17, 15) is 4.57 Å². The first-order chi connectivity index (χ1) is 5.22. The van der Waals surface area contributed by atoms with Gasteiger partial charge >= 0.3 is 0 Å². The molecule has 0 saturated carbocycles. The van der Waals surface area contributed by atoms with E-state index in [0.29, 0.717) is 6.61 Å². The highest BCUT2D eigenvalue weighted by atomic mass is 31.1. The smallest absolute Gasteiger partial charge is 0.194 e. The van der Waals surface area contributed by atoms with Crippen molar-refractivity contribution in [3.63, 3.8) is 0 Å². The monoisotopic (exact) mass is 174 g/mol. The summed E-state index contributed by atoms with van der Waals surface area (Å²) >= 11 is 0. The molecule has 0 aliphatic heterocycles. The summed E-state index contributed by atoms with van der Waals surface area (Å²) in [5.74, 6) is 0. The Kier molecular flexibility index (Phi) is 6.19. The molecule has 11 heavy (non-hydrogen) atoms. The Balaban J connectivity index is 3.62. The quantitative estimate of drug-likeness (QED) is 0.457. The van der Waals surface area contributed by atoms with Crippen molar-refractivity contribution in [3.8, 4) is 0 Å². The SMILES string of the molecule is C=CCO[PH](=O)C(C)CC=C. The molecule has 0 aromatic carbocycles. The van der Waals surface area contributed by atoms with Crippen LogP contribution in [-0.4, -0.2) is 12.3 Å². The lowest BCUT2D eigenvalue weighted by atomic mass is 10.3. The molecule has 0 spiro atoms. The van der Waals surface area contributed by atoms with Gasteiger partial charge in [-0.3, -0.25) is 4.57 Å². The average molecular weight is 174 g/mol. The Morgan fingerprint density at radius 3 is 2.64 bits per heavy atom. The molecule has 0 N–H and O–H groups in total. The van der Waals surface area contributed by atoms with Crippen LogP contribution in [0, 0.1) is 0 Å². The maximum Gasteiger partial charge on any atom is 0.194 e. The van der Waals surface area contributed by atoms with Crippen molar-refractivity contribution in [2.45, 2.75) is 19.0 Å². The van der Waals surface area contributed by atoms with Crippen molar-refractivity contribution in [2.24, 2.45) is 0 Å². The first-order valence-electron chi connectivity index (χ1n) is 3.60. The Hall–Kier alpha value is -0.330. The van der Waals surface area contributed by atoms with E-state index in [2.05, 4.69) is 13.2 Å². The zero-order valence-electron chi connectivity index (χ0n) is 6.88. The van der Waals surface area contributed by atoms with Gasteiger partial charge in [-0.1, -0.05) is 19.1 Å². The van der Waals surface area contributed by atoms with Gasteiger partial charge in [0.1, 0.15) is 0 Å². The molecule has 2 nitrogen and oxygen atoms in total. The second-order valence-electron chi connectivity index (χ2n) is 2.34. The molecule has 2 atom stereocenters. The molecule has 0 rings (SSSR count). The summed E-state index contributed by atoms with van der Waals surface area (Å²) in [6.45, 7) is 9.30. The Morgan fingerprint density at radius 2 is 2.18 bits per heavy atom. The van der Waals surface area contributed by atoms with Crippen LogP contribution in [0.4, 0.5) is 0 Å². The Morgan fingerprint density at radius 1 is 1.55 bits per heavy atom. The maximum absolute atomic E-state index is 11.2. The maximum atomic E-state index is 11.2. The average Bonchev–Trinajstić information content (AvgIpc) is 2.00. The van der Waals surface area contributed by atoms with E-state index in [-0.39, 0.29) is 5.66 Å². The number of allylic oxidation sites excluding steroid dienone is 1. The molecule has 0 aromatic rings. The van der Waals surface area contributed by atoms with Gasteiger partial charge < -0.3 is 4.52 Å². The van der Waals surface area contributed by atoms with Crippen molar-refractivity contribution in [3.05, 3.63) is 25.3 Å². The van der Waals surface area contributed by atoms with E-state index in [4.69, 9.17) is 4.52 Å². The van der Waals surface area contributed by atoms with Gasteiger partial charge in [0.15, 0.2) is 8.03 Å². The van der Waals surface area contributed by atoms with Gasteiger partial charge in [-0.05, 0) is 6.42 Å². The standard InChI is InChI=1S/C8H15O2P/c1-4-6-8(3)11(9)10-7-5-2/h4-5,8,11H,1-2,6-7H2,3H3. The van der Waals surface area contributed by atoms with Crippen LogP contribution in [0.1, 0.15) is 13.3 Å². The molecule has 2 unspecified atom stereocenters. The van der Waals surface area contributed by atoms with Crippen LogP contribution in [-0.2, 0) is 9.09 Å². The highest BCUT2D eigenvalue weighted by Gasteiger charge is 2.07. The van der Waals surface area contributed by atoms with E-state index in [1.54, 1.807) is 12.2 Å². The fourth-order valence-electron chi connectivity index (χ4n) is 0.630. The van der Waals surface area contributed by atoms with Crippen molar-refractivity contribution in [1.29, 1.82) is 0 Å². The van der Waals surface area contributed by atoms with Crippen LogP contribution in [0.2, 0.25) is 0 Å². The van der Waals surface area contributed by atoms with Crippen molar-refractivity contribution < 1.29 is 9.09 Å². The number of rotatable bonds is 6. The van der Waals surface area contributed by atoms with Gasteiger partial charge in [0.05, 0.1) is 6.61 Å². The summed E-state index contributed by atoms with van der Waals surface area (Å²) in [6, 6.07) is 0. The van der Waals surface area contributed by atoms with Crippen molar-refractivity contribution in [2.75, 3.05) is 6.61 Å². The molecule has 0 fully saturated rings. The van der Waals surface area contributed by atoms with Gasteiger partial charge in [0.25, 0.3) is 0 Å². The van der Waals surface area contributed by atoms with Gasteiger partial charge in [-0.15, -0.1) is 13.2 Å². The van der Waals surface area contributed by atoms with Crippen LogP contribution in [0.25, 0.3) is 0 Å². The summed E-state index contributed by atoms with van der Waals surface area (Å²) in [6.07, 6.45) is 4.10. The third kappa shape index (κ3) is 5.00. The molecule has 3 heteroatoms. The fourth-order valence-corrected chi connectivity index (χ4v) is 1.56. The number of hydrogen-bond acceptors (Lipinski definition) is 2. The lowest BCUT2D eigenvalue weighted by Crippen LogP contribution is -1.95. The van der Waals surface area contributed by atoms with Gasteiger partial charge in [0, 0.05) is 5.66 Å². The molecule has 64 valence electrons. The molecule has 0 aliphatic rings. The molecule has 0 aromatic heterocycles. The van der Waals surface area contributed by atoms with E-state index in [1.165, 1.54) is 0 Å². The summed E-state index contributed by atoms with van der Waals surface area (Å²) in [5.41, 5.74) is 0.0949. The van der Waals surface area contributed by atoms with Crippen LogP contribution in [0.5, 0.6) is 0 Å². The molecule has 0 radical (unpaired) electrons. The van der Waals surface area contributed by atoms with E-state index < -0.39 is 8.03 Å². The zero-order valence-corrected chi connectivity index (χ0v) is 7.88. The van der Waals surface area contributed by atoms with E-state index in [0.717, 1.165) is 6.42 Å². The lowest BCUT2D eigenvalue weighted by Gasteiger charge is -2.07. The summed E-state index contributed by atoms with van der Waals surface area (Å²) < 4.78 is 16.1. The van der Waals surface area contributed by atoms with Crippen LogP contribution >= 0.6 is 8.03 Å². The summed E-state index contributed by atoms with van der Waals surface area (Å²) in [7, 11) is -1.89. The molecule has 0 amide bonds. The second kappa shape index (κ2) is 6.38. The minimum absolute atomic E-state index is 0.0949. The lowest BCUT2D eigenvalue weighted by molar-refractivity contribution is 0.365. The van der Waals surface area contributed by atoms with E-state index >= 15 is 0 Å². The Labute approximate surface area is 68.8 Å². The molecule has 0 bridgehead atoms. The molecular weight excluding hydrogens is 159 g/mol. The first-order valence-corrected chi connectivity index (χ1v) is 5.00. The second-order valence-corrected chi connectivity index (χ2v) is 4.26. The molecule has 0 saturated heterocycles. The summed E-state index contributed by atoms with van der Waals surface area (Å²) in [4.78, 5) is 0. The topological polar surface area (TPSA) is 26.3 Å². The van der Waals surface area contributed by atoms with Crippen LogP contribution in [0.3, 0.4) is 0 Å². The first kappa shape index (κ1) is 10.7. The third-order valence-electron chi connectivity index (χ3n) is 1.27. The van der Waals surface area contributed by atoms with Gasteiger partial charge in [-0.25, -0.2) is 0 Å². The summed E-state index contributed by atoms with van der Waals surface area (Å²) in [5, 5.41) is 0. The molecule has 0 aliphatic carbocycles. The zero-order chi connectivity index (χ0) is 8.69. The van der Waals surface area contributed by atoms with Crippen molar-refractivity contribution in [1.82, 2.24) is 0 Å². The Bertz CT molecular complexity index is 154. The highest BCUT2D eigenvalue weighted by Crippen LogP contribution is 2.31. The molecule has 0 heterocycles. The number of hydrogen-bond donors (Lipinski definition) is 0.